The van der Waals surface area contributed by atoms with Gasteiger partial charge in [-0.25, -0.2) is 0 Å². The Hall–Kier alpha value is -1.81. The standard InChI is InChI=1S/C15H15N/c1-5-11-7-6-8-12-9-16-10-13(14(11)12)15(2,3)4/h1,6-10H,2-4H3. The van der Waals surface area contributed by atoms with Crippen LogP contribution in [0.5, 0.6) is 0 Å². The highest BCUT2D eigenvalue weighted by atomic mass is 14.6. The topological polar surface area (TPSA) is 12.9 Å². The van der Waals surface area contributed by atoms with E-state index in [-0.39, 0.29) is 5.41 Å². The Kier molecular flexibility index (Phi) is 2.44. The lowest BCUT2D eigenvalue weighted by molar-refractivity contribution is 0.593. The maximum atomic E-state index is 5.56. The van der Waals surface area contributed by atoms with Crippen molar-refractivity contribution < 1.29 is 0 Å². The van der Waals surface area contributed by atoms with E-state index >= 15 is 0 Å². The summed E-state index contributed by atoms with van der Waals surface area (Å²) in [5.41, 5.74) is 2.21. The van der Waals surface area contributed by atoms with E-state index in [0.29, 0.717) is 0 Å². The molecule has 0 saturated heterocycles. The van der Waals surface area contributed by atoms with Gasteiger partial charge in [-0.2, -0.15) is 0 Å². The summed E-state index contributed by atoms with van der Waals surface area (Å²) in [7, 11) is 0. The van der Waals surface area contributed by atoms with Crippen molar-refractivity contribution in [1.82, 2.24) is 4.98 Å². The maximum absolute atomic E-state index is 5.56. The van der Waals surface area contributed by atoms with E-state index in [4.69, 9.17) is 6.42 Å². The van der Waals surface area contributed by atoms with Crippen molar-refractivity contribution in [3.63, 3.8) is 0 Å². The molecule has 0 radical (unpaired) electrons. The molecule has 0 spiro atoms. The Balaban J connectivity index is 2.91. The summed E-state index contributed by atoms with van der Waals surface area (Å²) in [6.07, 6.45) is 9.34. The zero-order valence-electron chi connectivity index (χ0n) is 9.91. The van der Waals surface area contributed by atoms with Crippen molar-refractivity contribution in [3.8, 4) is 12.3 Å². The number of rotatable bonds is 0. The first-order valence-corrected chi connectivity index (χ1v) is 5.38. The van der Waals surface area contributed by atoms with E-state index in [9.17, 15) is 0 Å². The van der Waals surface area contributed by atoms with E-state index in [1.807, 2.05) is 24.5 Å². The first-order chi connectivity index (χ1) is 7.54. The molecule has 0 aliphatic rings. The molecular weight excluding hydrogens is 194 g/mol. The highest BCUT2D eigenvalue weighted by Crippen LogP contribution is 2.30. The molecule has 0 unspecified atom stereocenters. The third-order valence-corrected chi connectivity index (χ3v) is 2.75. The molecule has 1 aromatic carbocycles. The molecule has 0 fully saturated rings. The van der Waals surface area contributed by atoms with Crippen molar-refractivity contribution in [2.24, 2.45) is 0 Å². The van der Waals surface area contributed by atoms with Gasteiger partial charge >= 0.3 is 0 Å². The second-order valence-corrected chi connectivity index (χ2v) is 4.99. The van der Waals surface area contributed by atoms with E-state index in [1.54, 1.807) is 0 Å². The van der Waals surface area contributed by atoms with Gasteiger partial charge in [-0.3, -0.25) is 4.98 Å². The Morgan fingerprint density at radius 2 is 1.94 bits per heavy atom. The molecule has 80 valence electrons. The average molecular weight is 209 g/mol. The number of hydrogen-bond acceptors (Lipinski definition) is 1. The van der Waals surface area contributed by atoms with Crippen LogP contribution in [0.2, 0.25) is 0 Å². The molecule has 0 aliphatic carbocycles. The summed E-state index contributed by atoms with van der Waals surface area (Å²) >= 11 is 0. The van der Waals surface area contributed by atoms with Crippen molar-refractivity contribution in [2.45, 2.75) is 26.2 Å². The number of nitrogens with zero attached hydrogens (tertiary/aromatic N) is 1. The third kappa shape index (κ3) is 1.67. The van der Waals surface area contributed by atoms with Crippen molar-refractivity contribution >= 4 is 10.8 Å². The smallest absolute Gasteiger partial charge is 0.0347 e. The molecule has 0 amide bonds. The summed E-state index contributed by atoms with van der Waals surface area (Å²) in [4.78, 5) is 4.29. The van der Waals surface area contributed by atoms with Gasteiger partial charge in [0.25, 0.3) is 0 Å². The molecule has 2 aromatic rings. The van der Waals surface area contributed by atoms with Gasteiger partial charge < -0.3 is 0 Å². The Bertz CT molecular complexity index is 563. The minimum absolute atomic E-state index is 0.0550. The van der Waals surface area contributed by atoms with Crippen LogP contribution in [0.1, 0.15) is 31.9 Å². The molecule has 16 heavy (non-hydrogen) atoms. The number of fused-ring (bicyclic) bond motifs is 1. The summed E-state index contributed by atoms with van der Waals surface area (Å²) in [5, 5.41) is 2.27. The van der Waals surface area contributed by atoms with Gasteiger partial charge in [0.15, 0.2) is 0 Å². The van der Waals surface area contributed by atoms with Gasteiger partial charge in [0.2, 0.25) is 0 Å². The second-order valence-electron chi connectivity index (χ2n) is 4.99. The molecule has 0 aliphatic heterocycles. The normalized spacial score (nSPS) is 11.4. The first kappa shape index (κ1) is 10.7. The molecule has 0 bridgehead atoms. The van der Waals surface area contributed by atoms with Crippen LogP contribution < -0.4 is 0 Å². The SMILES string of the molecule is C#Cc1cccc2cncc(C(C)(C)C)c12. The molecule has 0 atom stereocenters. The monoisotopic (exact) mass is 209 g/mol. The van der Waals surface area contributed by atoms with Crippen LogP contribution in [0.15, 0.2) is 30.6 Å². The van der Waals surface area contributed by atoms with Crippen LogP contribution in [0.3, 0.4) is 0 Å². The van der Waals surface area contributed by atoms with E-state index in [1.165, 1.54) is 5.56 Å². The van der Waals surface area contributed by atoms with Gasteiger partial charge in [-0.15, -0.1) is 6.42 Å². The number of terminal acetylenes is 1. The summed E-state index contributed by atoms with van der Waals surface area (Å²) in [5.74, 6) is 2.75. The Labute approximate surface area is 96.5 Å². The highest BCUT2D eigenvalue weighted by molar-refractivity contribution is 5.91. The zero-order chi connectivity index (χ0) is 11.8. The second kappa shape index (κ2) is 3.64. The van der Waals surface area contributed by atoms with Gasteiger partial charge in [0.05, 0.1) is 0 Å². The van der Waals surface area contributed by atoms with Gasteiger partial charge in [0.1, 0.15) is 0 Å². The summed E-state index contributed by atoms with van der Waals surface area (Å²) in [6.45, 7) is 6.53. The fourth-order valence-corrected chi connectivity index (χ4v) is 1.92. The summed E-state index contributed by atoms with van der Waals surface area (Å²) < 4.78 is 0. The van der Waals surface area contributed by atoms with Crippen LogP contribution in [-0.4, -0.2) is 4.98 Å². The minimum Gasteiger partial charge on any atom is -0.264 e. The van der Waals surface area contributed by atoms with Crippen molar-refractivity contribution in [1.29, 1.82) is 0 Å². The number of aromatic nitrogens is 1. The number of pyridine rings is 1. The molecule has 0 saturated carbocycles. The predicted molar refractivity (Wildman–Crippen MR) is 68.4 cm³/mol. The predicted octanol–water partition coefficient (Wildman–Crippen LogP) is 3.51. The van der Waals surface area contributed by atoms with Crippen molar-refractivity contribution in [2.75, 3.05) is 0 Å². The fraction of sp³-hybridized carbons (Fsp3) is 0.267. The van der Waals surface area contributed by atoms with Gasteiger partial charge in [-0.1, -0.05) is 38.8 Å². The number of hydrogen-bond donors (Lipinski definition) is 0. The molecule has 1 aromatic heterocycles. The third-order valence-electron chi connectivity index (χ3n) is 2.75. The molecule has 1 heterocycles. The Morgan fingerprint density at radius 3 is 2.56 bits per heavy atom. The zero-order valence-corrected chi connectivity index (χ0v) is 9.91. The first-order valence-electron chi connectivity index (χ1n) is 5.38. The molecule has 0 N–H and O–H groups in total. The van der Waals surface area contributed by atoms with Gasteiger partial charge in [-0.05, 0) is 17.0 Å². The Morgan fingerprint density at radius 1 is 1.19 bits per heavy atom. The quantitative estimate of drug-likeness (QED) is 0.605. The van der Waals surface area contributed by atoms with Crippen molar-refractivity contribution in [3.05, 3.63) is 41.7 Å². The highest BCUT2D eigenvalue weighted by Gasteiger charge is 2.18. The average Bonchev–Trinajstić information content (AvgIpc) is 2.26. The van der Waals surface area contributed by atoms with Crippen LogP contribution in [-0.2, 0) is 5.41 Å². The van der Waals surface area contributed by atoms with E-state index in [0.717, 1.165) is 16.3 Å². The largest absolute Gasteiger partial charge is 0.264 e. The van der Waals surface area contributed by atoms with E-state index < -0.39 is 0 Å². The minimum atomic E-state index is 0.0550. The molecular formula is C15H15N. The van der Waals surface area contributed by atoms with E-state index in [2.05, 4.69) is 37.7 Å². The van der Waals surface area contributed by atoms with Gasteiger partial charge in [0, 0.05) is 28.7 Å². The number of benzene rings is 1. The van der Waals surface area contributed by atoms with Crippen LogP contribution >= 0.6 is 0 Å². The lowest BCUT2D eigenvalue weighted by Crippen LogP contribution is -2.12. The molecule has 2 rings (SSSR count). The fourth-order valence-electron chi connectivity index (χ4n) is 1.92. The summed E-state index contributed by atoms with van der Waals surface area (Å²) in [6, 6.07) is 6.02. The molecule has 1 nitrogen and oxygen atoms in total. The maximum Gasteiger partial charge on any atom is 0.0347 e. The lowest BCUT2D eigenvalue weighted by Gasteiger charge is -2.21. The lowest BCUT2D eigenvalue weighted by atomic mass is 9.84. The van der Waals surface area contributed by atoms with Crippen LogP contribution in [0.25, 0.3) is 10.8 Å². The molecule has 1 heteroatoms. The van der Waals surface area contributed by atoms with Crippen LogP contribution in [0.4, 0.5) is 0 Å². The van der Waals surface area contributed by atoms with Crippen LogP contribution in [0, 0.1) is 12.3 Å².